The zero-order valence-electron chi connectivity index (χ0n) is 13.3. The summed E-state index contributed by atoms with van der Waals surface area (Å²) < 4.78 is 12.1. The Balaban J connectivity index is 1.75. The number of hydrogen-bond acceptors (Lipinski definition) is 3. The van der Waals surface area contributed by atoms with Crippen LogP contribution < -0.4 is 5.46 Å². The molecule has 0 bridgehead atoms. The molecule has 1 saturated heterocycles. The van der Waals surface area contributed by atoms with Crippen LogP contribution in [0.4, 0.5) is 0 Å². The van der Waals surface area contributed by atoms with Gasteiger partial charge in [0.15, 0.2) is 0 Å². The molecule has 1 aliphatic heterocycles. The number of rotatable bonds is 2. The second-order valence-corrected chi connectivity index (χ2v) is 7.23. The van der Waals surface area contributed by atoms with Crippen molar-refractivity contribution in [3.63, 3.8) is 0 Å². The van der Waals surface area contributed by atoms with Crippen molar-refractivity contribution < 1.29 is 14.1 Å². The highest BCUT2D eigenvalue weighted by molar-refractivity contribution is 6.62. The van der Waals surface area contributed by atoms with Crippen LogP contribution >= 0.6 is 0 Å². The average molecular weight is 286 g/mol. The average Bonchev–Trinajstić information content (AvgIpc) is 2.92. The smallest absolute Gasteiger partial charge is 0.399 e. The Labute approximate surface area is 127 Å². The molecule has 1 aliphatic carbocycles. The SMILES string of the molecule is CC1(C)OB(c2ccc(C3CCC(=O)C3)cc2)OC1(C)C. The maximum absolute atomic E-state index is 11.4. The summed E-state index contributed by atoms with van der Waals surface area (Å²) in [5.41, 5.74) is 1.67. The summed E-state index contributed by atoms with van der Waals surface area (Å²) in [7, 11) is -0.311. The van der Waals surface area contributed by atoms with Gasteiger partial charge in [-0.2, -0.15) is 0 Å². The number of ketones is 1. The first kappa shape index (κ1) is 14.8. The summed E-state index contributed by atoms with van der Waals surface area (Å²) in [6, 6.07) is 8.37. The standard InChI is InChI=1S/C17H23BO3/c1-16(2)17(3,4)21-18(20-16)14-8-5-12(6-9-14)13-7-10-15(19)11-13/h5-6,8-9,13H,7,10-11H2,1-4H3. The molecule has 1 aromatic rings. The molecule has 21 heavy (non-hydrogen) atoms. The molecule has 0 aromatic heterocycles. The van der Waals surface area contributed by atoms with E-state index in [1.807, 2.05) is 0 Å². The molecule has 3 rings (SSSR count). The van der Waals surface area contributed by atoms with Crippen LogP contribution in [0.3, 0.4) is 0 Å². The Morgan fingerprint density at radius 1 is 1.05 bits per heavy atom. The number of hydrogen-bond donors (Lipinski definition) is 0. The molecule has 0 amide bonds. The van der Waals surface area contributed by atoms with Crippen LogP contribution in [0.25, 0.3) is 0 Å². The lowest BCUT2D eigenvalue weighted by Crippen LogP contribution is -2.41. The fourth-order valence-electron chi connectivity index (χ4n) is 3.00. The van der Waals surface area contributed by atoms with E-state index in [2.05, 4.69) is 52.0 Å². The van der Waals surface area contributed by atoms with Crippen LogP contribution in [-0.4, -0.2) is 24.1 Å². The fourth-order valence-corrected chi connectivity index (χ4v) is 3.00. The van der Waals surface area contributed by atoms with E-state index in [9.17, 15) is 4.79 Å². The van der Waals surface area contributed by atoms with Gasteiger partial charge in [-0.15, -0.1) is 0 Å². The van der Waals surface area contributed by atoms with Crippen molar-refractivity contribution >= 4 is 18.4 Å². The third-order valence-corrected chi connectivity index (χ3v) is 5.18. The van der Waals surface area contributed by atoms with E-state index in [-0.39, 0.29) is 18.3 Å². The molecule has 4 heteroatoms. The van der Waals surface area contributed by atoms with Crippen molar-refractivity contribution in [2.75, 3.05) is 0 Å². The van der Waals surface area contributed by atoms with E-state index >= 15 is 0 Å². The summed E-state index contributed by atoms with van der Waals surface area (Å²) in [6.07, 6.45) is 2.40. The van der Waals surface area contributed by atoms with Gasteiger partial charge in [0.25, 0.3) is 0 Å². The van der Waals surface area contributed by atoms with Crippen molar-refractivity contribution in [1.29, 1.82) is 0 Å². The summed E-state index contributed by atoms with van der Waals surface area (Å²) in [6.45, 7) is 8.24. The molecule has 1 aromatic carbocycles. The summed E-state index contributed by atoms with van der Waals surface area (Å²) in [5, 5.41) is 0. The zero-order chi connectivity index (χ0) is 15.3. The Morgan fingerprint density at radius 2 is 1.62 bits per heavy atom. The third kappa shape index (κ3) is 2.67. The molecular weight excluding hydrogens is 263 g/mol. The molecule has 1 unspecified atom stereocenters. The molecule has 2 aliphatic rings. The highest BCUT2D eigenvalue weighted by Gasteiger charge is 2.51. The summed E-state index contributed by atoms with van der Waals surface area (Å²) >= 11 is 0. The largest absolute Gasteiger partial charge is 0.494 e. The van der Waals surface area contributed by atoms with Crippen molar-refractivity contribution in [1.82, 2.24) is 0 Å². The molecule has 1 heterocycles. The second-order valence-electron chi connectivity index (χ2n) is 7.23. The zero-order valence-corrected chi connectivity index (χ0v) is 13.3. The van der Waals surface area contributed by atoms with Crippen LogP contribution in [0.15, 0.2) is 24.3 Å². The Bertz CT molecular complexity index is 532. The van der Waals surface area contributed by atoms with E-state index in [0.29, 0.717) is 18.1 Å². The molecule has 0 radical (unpaired) electrons. The predicted octanol–water partition coefficient (Wildman–Crippen LogP) is 2.82. The molecule has 0 N–H and O–H groups in total. The molecule has 0 spiro atoms. The van der Waals surface area contributed by atoms with Gasteiger partial charge in [-0.05, 0) is 51.1 Å². The first-order chi connectivity index (χ1) is 9.78. The van der Waals surface area contributed by atoms with Crippen molar-refractivity contribution in [3.05, 3.63) is 29.8 Å². The van der Waals surface area contributed by atoms with Gasteiger partial charge in [0, 0.05) is 12.8 Å². The Morgan fingerprint density at radius 3 is 2.10 bits per heavy atom. The van der Waals surface area contributed by atoms with Gasteiger partial charge in [-0.25, -0.2) is 0 Å². The van der Waals surface area contributed by atoms with Crippen molar-refractivity contribution in [3.8, 4) is 0 Å². The quantitative estimate of drug-likeness (QED) is 0.784. The highest BCUT2D eigenvalue weighted by atomic mass is 16.7. The normalized spacial score (nSPS) is 27.3. The fraction of sp³-hybridized carbons (Fsp3) is 0.588. The predicted molar refractivity (Wildman–Crippen MR) is 83.8 cm³/mol. The van der Waals surface area contributed by atoms with Gasteiger partial charge < -0.3 is 9.31 Å². The third-order valence-electron chi connectivity index (χ3n) is 5.18. The lowest BCUT2D eigenvalue weighted by Gasteiger charge is -2.32. The molecule has 1 saturated carbocycles. The number of carbonyl (C=O) groups is 1. The van der Waals surface area contributed by atoms with E-state index in [1.54, 1.807) is 0 Å². The van der Waals surface area contributed by atoms with Crippen molar-refractivity contribution in [2.45, 2.75) is 64.1 Å². The van der Waals surface area contributed by atoms with E-state index < -0.39 is 0 Å². The van der Waals surface area contributed by atoms with Crippen molar-refractivity contribution in [2.24, 2.45) is 0 Å². The number of Topliss-reactive ketones (excluding diaryl/α,β-unsaturated/α-hetero) is 1. The number of benzene rings is 1. The minimum Gasteiger partial charge on any atom is -0.399 e. The lowest BCUT2D eigenvalue weighted by molar-refractivity contribution is -0.117. The topological polar surface area (TPSA) is 35.5 Å². The lowest BCUT2D eigenvalue weighted by atomic mass is 9.78. The van der Waals surface area contributed by atoms with Gasteiger partial charge in [0.1, 0.15) is 5.78 Å². The van der Waals surface area contributed by atoms with E-state index in [4.69, 9.17) is 9.31 Å². The monoisotopic (exact) mass is 286 g/mol. The second kappa shape index (κ2) is 4.96. The van der Waals surface area contributed by atoms with Gasteiger partial charge in [-0.3, -0.25) is 4.79 Å². The summed E-state index contributed by atoms with van der Waals surface area (Å²) in [5.74, 6) is 0.778. The minimum atomic E-state index is -0.311. The molecular formula is C17H23BO3. The van der Waals surface area contributed by atoms with E-state index in [0.717, 1.165) is 18.3 Å². The van der Waals surface area contributed by atoms with Crippen LogP contribution in [0, 0.1) is 0 Å². The molecule has 112 valence electrons. The summed E-state index contributed by atoms with van der Waals surface area (Å²) in [4.78, 5) is 11.4. The Kier molecular flexibility index (Phi) is 3.49. The first-order valence-electron chi connectivity index (χ1n) is 7.76. The van der Waals surface area contributed by atoms with E-state index in [1.165, 1.54) is 5.56 Å². The molecule has 3 nitrogen and oxygen atoms in total. The van der Waals surface area contributed by atoms with Gasteiger partial charge >= 0.3 is 7.12 Å². The van der Waals surface area contributed by atoms with Gasteiger partial charge in [0.05, 0.1) is 11.2 Å². The van der Waals surface area contributed by atoms with Crippen LogP contribution in [-0.2, 0) is 14.1 Å². The van der Waals surface area contributed by atoms with Crippen LogP contribution in [0.5, 0.6) is 0 Å². The maximum atomic E-state index is 11.4. The highest BCUT2D eigenvalue weighted by Crippen LogP contribution is 2.37. The van der Waals surface area contributed by atoms with Crippen LogP contribution in [0.1, 0.15) is 58.4 Å². The van der Waals surface area contributed by atoms with Crippen LogP contribution in [0.2, 0.25) is 0 Å². The van der Waals surface area contributed by atoms with Gasteiger partial charge in [-0.1, -0.05) is 24.3 Å². The molecule has 2 fully saturated rings. The Hall–Kier alpha value is -1.13. The number of carbonyl (C=O) groups excluding carboxylic acids is 1. The first-order valence-corrected chi connectivity index (χ1v) is 7.76. The molecule has 1 atom stereocenters. The minimum absolute atomic E-state index is 0.311. The van der Waals surface area contributed by atoms with Gasteiger partial charge in [0.2, 0.25) is 0 Å². The maximum Gasteiger partial charge on any atom is 0.494 e.